The number of para-hydroxylation sites is 1. The van der Waals surface area contributed by atoms with Crippen LogP contribution in [0.1, 0.15) is 36.5 Å². The summed E-state index contributed by atoms with van der Waals surface area (Å²) in [4.78, 5) is 14.6. The summed E-state index contributed by atoms with van der Waals surface area (Å²) in [5.74, 6) is 1.47. The van der Waals surface area contributed by atoms with E-state index in [4.69, 9.17) is 10.5 Å². The first kappa shape index (κ1) is 17.1. The predicted molar refractivity (Wildman–Crippen MR) is 89.6 cm³/mol. The van der Waals surface area contributed by atoms with Gasteiger partial charge in [-0.15, -0.1) is 12.4 Å². The summed E-state index contributed by atoms with van der Waals surface area (Å²) in [6.45, 7) is 5.01. The molecule has 0 bridgehead atoms. The molecule has 1 atom stereocenters. The van der Waals surface area contributed by atoms with Gasteiger partial charge in [0.15, 0.2) is 0 Å². The van der Waals surface area contributed by atoms with E-state index in [1.165, 1.54) is 12.8 Å². The van der Waals surface area contributed by atoms with Crippen molar-refractivity contribution >= 4 is 18.3 Å². The zero-order valence-corrected chi connectivity index (χ0v) is 13.9. The van der Waals surface area contributed by atoms with Crippen molar-refractivity contribution in [1.29, 1.82) is 0 Å². The van der Waals surface area contributed by atoms with Crippen molar-refractivity contribution in [2.75, 3.05) is 26.2 Å². The Morgan fingerprint density at radius 1 is 1.41 bits per heavy atom. The van der Waals surface area contributed by atoms with E-state index >= 15 is 0 Å². The number of benzene rings is 1. The fourth-order valence-electron chi connectivity index (χ4n) is 2.80. The third-order valence-electron chi connectivity index (χ3n) is 4.63. The van der Waals surface area contributed by atoms with Crippen molar-refractivity contribution in [3.63, 3.8) is 0 Å². The largest absolute Gasteiger partial charge is 0.492 e. The summed E-state index contributed by atoms with van der Waals surface area (Å²) < 4.78 is 5.85. The van der Waals surface area contributed by atoms with Crippen LogP contribution in [-0.2, 0) is 0 Å². The van der Waals surface area contributed by atoms with E-state index in [1.54, 1.807) is 0 Å². The van der Waals surface area contributed by atoms with Crippen LogP contribution in [0.5, 0.6) is 5.75 Å². The summed E-state index contributed by atoms with van der Waals surface area (Å²) >= 11 is 0. The van der Waals surface area contributed by atoms with Crippen LogP contribution in [0.25, 0.3) is 0 Å². The molecule has 1 amide bonds. The number of rotatable bonds is 5. The van der Waals surface area contributed by atoms with E-state index < -0.39 is 0 Å². The molecule has 0 spiro atoms. The van der Waals surface area contributed by atoms with Crippen LogP contribution in [0.2, 0.25) is 0 Å². The zero-order valence-electron chi connectivity index (χ0n) is 13.1. The Labute approximate surface area is 138 Å². The summed E-state index contributed by atoms with van der Waals surface area (Å²) in [7, 11) is 0. The first-order valence-electron chi connectivity index (χ1n) is 7.82. The van der Waals surface area contributed by atoms with Gasteiger partial charge in [-0.1, -0.05) is 19.1 Å². The summed E-state index contributed by atoms with van der Waals surface area (Å²) in [5, 5.41) is 0. The van der Waals surface area contributed by atoms with Gasteiger partial charge in [0.2, 0.25) is 0 Å². The molecule has 1 heterocycles. The molecule has 1 aliphatic heterocycles. The molecule has 1 aromatic rings. The number of carbonyl (C=O) groups excluding carboxylic acids is 1. The Hall–Kier alpha value is -1.26. The molecule has 1 saturated carbocycles. The smallest absolute Gasteiger partial charge is 0.257 e. The molecule has 5 heteroatoms. The molecule has 1 aromatic carbocycles. The predicted octanol–water partition coefficient (Wildman–Crippen LogP) is 2.71. The molecular formula is C17H25ClN2O2. The number of carbonyl (C=O) groups is 1. The summed E-state index contributed by atoms with van der Waals surface area (Å²) in [6, 6.07) is 7.58. The average Bonchev–Trinajstić information content (AvgIpc) is 3.26. The Balaban J connectivity index is 0.00000176. The van der Waals surface area contributed by atoms with Crippen LogP contribution in [0, 0.1) is 11.3 Å². The SMILES string of the molecule is CC1(CN)CCN(C(=O)c2ccccc2OCC2CC2)C1.Cl. The quantitative estimate of drug-likeness (QED) is 0.906. The summed E-state index contributed by atoms with van der Waals surface area (Å²) in [6.07, 6.45) is 3.47. The maximum absolute atomic E-state index is 12.7. The maximum atomic E-state index is 12.7. The lowest BCUT2D eigenvalue weighted by molar-refractivity contribution is 0.0772. The van der Waals surface area contributed by atoms with E-state index in [0.717, 1.165) is 31.9 Å². The topological polar surface area (TPSA) is 55.6 Å². The molecule has 1 saturated heterocycles. The molecule has 1 aliphatic carbocycles. The van der Waals surface area contributed by atoms with Crippen molar-refractivity contribution in [3.05, 3.63) is 29.8 Å². The first-order valence-corrected chi connectivity index (χ1v) is 7.82. The second-order valence-electron chi connectivity index (χ2n) is 6.74. The van der Waals surface area contributed by atoms with Crippen LogP contribution in [0.3, 0.4) is 0 Å². The molecule has 22 heavy (non-hydrogen) atoms. The third kappa shape index (κ3) is 3.73. The molecule has 122 valence electrons. The second kappa shape index (κ2) is 6.88. The normalized spacial score (nSPS) is 24.0. The monoisotopic (exact) mass is 324 g/mol. The third-order valence-corrected chi connectivity index (χ3v) is 4.63. The number of nitrogens with zero attached hydrogens (tertiary/aromatic N) is 1. The average molecular weight is 325 g/mol. The minimum atomic E-state index is 0. The van der Waals surface area contributed by atoms with Crippen LogP contribution in [-0.4, -0.2) is 37.0 Å². The van der Waals surface area contributed by atoms with E-state index in [2.05, 4.69) is 6.92 Å². The van der Waals surface area contributed by atoms with Crippen molar-refractivity contribution in [3.8, 4) is 5.75 Å². The number of nitrogens with two attached hydrogens (primary N) is 1. The molecule has 2 N–H and O–H groups in total. The molecule has 2 aliphatic rings. The number of halogens is 1. The van der Waals surface area contributed by atoms with Crippen molar-refractivity contribution in [1.82, 2.24) is 4.90 Å². The number of ether oxygens (including phenoxy) is 1. The van der Waals surface area contributed by atoms with Gasteiger partial charge in [-0.25, -0.2) is 0 Å². The maximum Gasteiger partial charge on any atom is 0.257 e. The molecule has 0 radical (unpaired) electrons. The van der Waals surface area contributed by atoms with Gasteiger partial charge in [-0.2, -0.15) is 0 Å². The van der Waals surface area contributed by atoms with Gasteiger partial charge < -0.3 is 15.4 Å². The van der Waals surface area contributed by atoms with Crippen LogP contribution >= 0.6 is 12.4 Å². The molecule has 3 rings (SSSR count). The lowest BCUT2D eigenvalue weighted by atomic mass is 9.90. The van der Waals surface area contributed by atoms with Crippen LogP contribution in [0.4, 0.5) is 0 Å². The molecule has 0 aromatic heterocycles. The minimum absolute atomic E-state index is 0. The van der Waals surface area contributed by atoms with E-state index in [-0.39, 0.29) is 23.7 Å². The number of amides is 1. The lowest BCUT2D eigenvalue weighted by Gasteiger charge is -2.23. The van der Waals surface area contributed by atoms with Crippen LogP contribution < -0.4 is 10.5 Å². The molecule has 4 nitrogen and oxygen atoms in total. The van der Waals surface area contributed by atoms with Crippen molar-refractivity contribution in [2.45, 2.75) is 26.2 Å². The highest BCUT2D eigenvalue weighted by Crippen LogP contribution is 2.33. The van der Waals surface area contributed by atoms with Gasteiger partial charge in [-0.3, -0.25) is 4.79 Å². The highest BCUT2D eigenvalue weighted by Gasteiger charge is 2.36. The highest BCUT2D eigenvalue weighted by molar-refractivity contribution is 5.97. The molecular weight excluding hydrogens is 300 g/mol. The fraction of sp³-hybridized carbons (Fsp3) is 0.588. The Morgan fingerprint density at radius 2 is 2.14 bits per heavy atom. The van der Waals surface area contributed by atoms with Gasteiger partial charge in [0.25, 0.3) is 5.91 Å². The highest BCUT2D eigenvalue weighted by atomic mass is 35.5. The van der Waals surface area contributed by atoms with Gasteiger partial charge in [-0.05, 0) is 49.3 Å². The number of likely N-dealkylation sites (tertiary alicyclic amines) is 1. The molecule has 2 fully saturated rings. The minimum Gasteiger partial charge on any atom is -0.492 e. The first-order chi connectivity index (χ1) is 10.1. The Kier molecular flexibility index (Phi) is 5.35. The zero-order chi connectivity index (χ0) is 14.9. The van der Waals surface area contributed by atoms with Gasteiger partial charge in [0.05, 0.1) is 12.2 Å². The Morgan fingerprint density at radius 3 is 2.77 bits per heavy atom. The van der Waals surface area contributed by atoms with Gasteiger partial charge >= 0.3 is 0 Å². The summed E-state index contributed by atoms with van der Waals surface area (Å²) in [5.41, 5.74) is 6.56. The van der Waals surface area contributed by atoms with Crippen LogP contribution in [0.15, 0.2) is 24.3 Å². The van der Waals surface area contributed by atoms with Gasteiger partial charge in [0.1, 0.15) is 5.75 Å². The van der Waals surface area contributed by atoms with E-state index in [9.17, 15) is 4.79 Å². The second-order valence-corrected chi connectivity index (χ2v) is 6.74. The van der Waals surface area contributed by atoms with E-state index in [0.29, 0.717) is 18.0 Å². The fourth-order valence-corrected chi connectivity index (χ4v) is 2.80. The van der Waals surface area contributed by atoms with E-state index in [1.807, 2.05) is 29.2 Å². The number of hydrogen-bond acceptors (Lipinski definition) is 3. The van der Waals surface area contributed by atoms with Crippen molar-refractivity contribution in [2.24, 2.45) is 17.1 Å². The lowest BCUT2D eigenvalue weighted by Crippen LogP contribution is -2.34. The molecule has 1 unspecified atom stereocenters. The number of hydrogen-bond donors (Lipinski definition) is 1. The van der Waals surface area contributed by atoms with Gasteiger partial charge in [0, 0.05) is 13.1 Å². The van der Waals surface area contributed by atoms with Crippen molar-refractivity contribution < 1.29 is 9.53 Å². The Bertz CT molecular complexity index is 533. The standard InChI is InChI=1S/C17H24N2O2.ClH/c1-17(11-18)8-9-19(12-17)16(20)14-4-2-3-5-15(14)21-10-13-6-7-13;/h2-5,13H,6-12,18H2,1H3;1H.